The molecule has 0 aromatic heterocycles. The maximum atomic E-state index is 14.1. The van der Waals surface area contributed by atoms with Gasteiger partial charge in [-0.3, -0.25) is 5.84 Å². The fourth-order valence-corrected chi connectivity index (χ4v) is 2.41. The first-order valence-electron chi connectivity index (χ1n) is 5.91. The number of hydrazine groups is 1. The van der Waals surface area contributed by atoms with Gasteiger partial charge in [0.15, 0.2) is 11.6 Å². The molecule has 1 unspecified atom stereocenters. The Balaban J connectivity index is 2.58. The predicted octanol–water partition coefficient (Wildman–Crippen LogP) is 3.17. The minimum atomic E-state index is -0.924. The highest BCUT2D eigenvalue weighted by Crippen LogP contribution is 2.31. The minimum absolute atomic E-state index is 0.111. The zero-order chi connectivity index (χ0) is 14.9. The van der Waals surface area contributed by atoms with Gasteiger partial charge >= 0.3 is 0 Å². The van der Waals surface area contributed by atoms with E-state index in [-0.39, 0.29) is 11.1 Å². The Labute approximate surface area is 124 Å². The smallest absolute Gasteiger partial charge is 0.164 e. The van der Waals surface area contributed by atoms with E-state index >= 15 is 0 Å². The van der Waals surface area contributed by atoms with E-state index in [9.17, 15) is 8.78 Å². The number of aryl methyl sites for hydroxylation is 1. The Hall–Kier alpha value is -1.50. The summed E-state index contributed by atoms with van der Waals surface area (Å²) in [5, 5.41) is 0. The summed E-state index contributed by atoms with van der Waals surface area (Å²) in [6.45, 7) is 1.50. The molecule has 6 heteroatoms. The van der Waals surface area contributed by atoms with Crippen LogP contribution in [0.1, 0.15) is 22.7 Å². The van der Waals surface area contributed by atoms with Crippen molar-refractivity contribution in [3.63, 3.8) is 0 Å². The number of halogens is 3. The monoisotopic (exact) mass is 341 g/mol. The topological polar surface area (TPSA) is 64.1 Å². The highest BCUT2D eigenvalue weighted by molar-refractivity contribution is 9.10. The molecular formula is C14H14BrF2N3. The Morgan fingerprint density at radius 3 is 2.45 bits per heavy atom. The molecule has 0 amide bonds. The first kappa shape index (κ1) is 14.9. The average Bonchev–Trinajstić information content (AvgIpc) is 2.43. The van der Waals surface area contributed by atoms with Gasteiger partial charge in [-0.15, -0.1) is 0 Å². The lowest BCUT2D eigenvalue weighted by atomic mass is 9.96. The molecule has 2 rings (SSSR count). The Morgan fingerprint density at radius 1 is 1.10 bits per heavy atom. The zero-order valence-electron chi connectivity index (χ0n) is 10.8. The number of anilines is 1. The van der Waals surface area contributed by atoms with Crippen molar-refractivity contribution in [2.45, 2.75) is 13.0 Å². The molecule has 0 saturated carbocycles. The van der Waals surface area contributed by atoms with Gasteiger partial charge in [0.05, 0.1) is 6.04 Å². The van der Waals surface area contributed by atoms with Gasteiger partial charge in [0.1, 0.15) is 0 Å². The molecule has 2 aromatic rings. The SMILES string of the molecule is Cc1ccc(C(NN)c2cc(Br)ccc2N)c(F)c1F. The zero-order valence-corrected chi connectivity index (χ0v) is 12.3. The summed E-state index contributed by atoms with van der Waals surface area (Å²) < 4.78 is 28.6. The predicted molar refractivity (Wildman–Crippen MR) is 78.8 cm³/mol. The molecule has 0 aliphatic rings. The van der Waals surface area contributed by atoms with Crippen LogP contribution in [0.4, 0.5) is 14.5 Å². The largest absolute Gasteiger partial charge is 0.398 e. The van der Waals surface area contributed by atoms with Crippen molar-refractivity contribution < 1.29 is 8.78 Å². The highest BCUT2D eigenvalue weighted by Gasteiger charge is 2.22. The lowest BCUT2D eigenvalue weighted by Gasteiger charge is -2.20. The van der Waals surface area contributed by atoms with Crippen LogP contribution in [0.15, 0.2) is 34.8 Å². The first-order chi connectivity index (χ1) is 9.45. The number of hydrogen-bond donors (Lipinski definition) is 3. The molecule has 2 aromatic carbocycles. The number of rotatable bonds is 3. The van der Waals surface area contributed by atoms with E-state index in [1.54, 1.807) is 18.2 Å². The quantitative estimate of drug-likeness (QED) is 0.456. The number of nitrogen functional groups attached to an aromatic ring is 1. The van der Waals surface area contributed by atoms with Crippen LogP contribution in [-0.2, 0) is 0 Å². The molecule has 1 atom stereocenters. The van der Waals surface area contributed by atoms with E-state index in [4.69, 9.17) is 11.6 Å². The average molecular weight is 342 g/mol. The Bertz CT molecular complexity index is 647. The molecule has 0 fully saturated rings. The number of benzene rings is 2. The van der Waals surface area contributed by atoms with E-state index in [1.165, 1.54) is 19.1 Å². The molecule has 5 N–H and O–H groups in total. The van der Waals surface area contributed by atoms with Gasteiger partial charge in [-0.25, -0.2) is 14.2 Å². The van der Waals surface area contributed by atoms with E-state index in [0.717, 1.165) is 4.47 Å². The summed E-state index contributed by atoms with van der Waals surface area (Å²) in [5.74, 6) is 3.70. The number of hydrogen-bond acceptors (Lipinski definition) is 3. The van der Waals surface area contributed by atoms with Crippen LogP contribution in [0.25, 0.3) is 0 Å². The van der Waals surface area contributed by atoms with Crippen molar-refractivity contribution in [2.24, 2.45) is 5.84 Å². The third kappa shape index (κ3) is 2.67. The van der Waals surface area contributed by atoms with Crippen LogP contribution in [0.5, 0.6) is 0 Å². The summed E-state index contributed by atoms with van der Waals surface area (Å²) in [7, 11) is 0. The van der Waals surface area contributed by atoms with Crippen molar-refractivity contribution in [3.05, 3.63) is 63.1 Å². The van der Waals surface area contributed by atoms with E-state index in [1.807, 2.05) is 0 Å². The second-order valence-electron chi connectivity index (χ2n) is 4.47. The van der Waals surface area contributed by atoms with Crippen molar-refractivity contribution in [1.82, 2.24) is 5.43 Å². The second-order valence-corrected chi connectivity index (χ2v) is 5.39. The van der Waals surface area contributed by atoms with Gasteiger partial charge in [-0.05, 0) is 36.2 Å². The second kappa shape index (κ2) is 5.87. The van der Waals surface area contributed by atoms with Crippen molar-refractivity contribution in [3.8, 4) is 0 Å². The molecule has 0 spiro atoms. The van der Waals surface area contributed by atoms with Gasteiger partial charge < -0.3 is 5.73 Å². The molecule has 0 radical (unpaired) electrons. The van der Waals surface area contributed by atoms with Crippen LogP contribution in [0.2, 0.25) is 0 Å². The van der Waals surface area contributed by atoms with Crippen LogP contribution in [-0.4, -0.2) is 0 Å². The highest BCUT2D eigenvalue weighted by atomic mass is 79.9. The molecule has 0 heterocycles. The van der Waals surface area contributed by atoms with Gasteiger partial charge in [0, 0.05) is 15.7 Å². The maximum Gasteiger partial charge on any atom is 0.164 e. The summed E-state index contributed by atoms with van der Waals surface area (Å²) >= 11 is 3.32. The maximum absolute atomic E-state index is 14.1. The summed E-state index contributed by atoms with van der Waals surface area (Å²) in [5.41, 5.74) is 9.74. The fraction of sp³-hybridized carbons (Fsp3) is 0.143. The summed E-state index contributed by atoms with van der Waals surface area (Å²) in [6, 6.07) is 7.43. The van der Waals surface area contributed by atoms with E-state index < -0.39 is 17.7 Å². The van der Waals surface area contributed by atoms with Gasteiger partial charge in [0.25, 0.3) is 0 Å². The van der Waals surface area contributed by atoms with Crippen LogP contribution in [0.3, 0.4) is 0 Å². The van der Waals surface area contributed by atoms with Gasteiger partial charge in [-0.2, -0.15) is 0 Å². The normalized spacial score (nSPS) is 12.4. The van der Waals surface area contributed by atoms with Crippen LogP contribution >= 0.6 is 15.9 Å². The van der Waals surface area contributed by atoms with Crippen LogP contribution < -0.4 is 17.0 Å². The molecule has 0 saturated heterocycles. The lowest BCUT2D eigenvalue weighted by Crippen LogP contribution is -2.30. The van der Waals surface area contributed by atoms with Crippen molar-refractivity contribution in [2.75, 3.05) is 5.73 Å². The summed E-state index contributed by atoms with van der Waals surface area (Å²) in [6.07, 6.45) is 0. The Kier molecular flexibility index (Phi) is 4.37. The van der Waals surface area contributed by atoms with Crippen molar-refractivity contribution in [1.29, 1.82) is 0 Å². The summed E-state index contributed by atoms with van der Waals surface area (Å²) in [4.78, 5) is 0. The molecule has 0 aliphatic heterocycles. The van der Waals surface area contributed by atoms with Crippen molar-refractivity contribution >= 4 is 21.6 Å². The molecule has 0 bridgehead atoms. The minimum Gasteiger partial charge on any atom is -0.398 e. The van der Waals surface area contributed by atoms with Gasteiger partial charge in [0.2, 0.25) is 0 Å². The standard InChI is InChI=1S/C14H14BrF2N3/c1-7-2-4-9(13(17)12(7)16)14(20-19)10-6-8(15)3-5-11(10)18/h2-6,14,20H,18-19H2,1H3. The molecule has 0 aliphatic carbocycles. The lowest BCUT2D eigenvalue weighted by molar-refractivity contribution is 0.479. The fourth-order valence-electron chi connectivity index (χ4n) is 2.03. The molecule has 106 valence electrons. The Morgan fingerprint density at radius 2 is 1.80 bits per heavy atom. The molecule has 3 nitrogen and oxygen atoms in total. The molecular weight excluding hydrogens is 328 g/mol. The molecule has 20 heavy (non-hydrogen) atoms. The first-order valence-corrected chi connectivity index (χ1v) is 6.70. The van der Waals surface area contributed by atoms with E-state index in [2.05, 4.69) is 21.4 Å². The number of nitrogens with two attached hydrogens (primary N) is 2. The third-order valence-electron chi connectivity index (χ3n) is 3.14. The third-order valence-corrected chi connectivity index (χ3v) is 3.64. The van der Waals surface area contributed by atoms with Crippen LogP contribution in [0, 0.1) is 18.6 Å². The van der Waals surface area contributed by atoms with E-state index in [0.29, 0.717) is 11.3 Å². The number of nitrogens with one attached hydrogen (secondary N) is 1. The van der Waals surface area contributed by atoms with Gasteiger partial charge in [-0.1, -0.05) is 28.1 Å².